The van der Waals surface area contributed by atoms with Gasteiger partial charge in [0.2, 0.25) is 5.95 Å². The Morgan fingerprint density at radius 2 is 1.67 bits per heavy atom. The summed E-state index contributed by atoms with van der Waals surface area (Å²) in [5, 5.41) is 24.3. The Labute approximate surface area is 176 Å². The second kappa shape index (κ2) is 9.36. The fourth-order valence-electron chi connectivity index (χ4n) is 3.11. The second-order valence-electron chi connectivity index (χ2n) is 6.85. The lowest BCUT2D eigenvalue weighted by atomic mass is 10.0. The van der Waals surface area contributed by atoms with Crippen LogP contribution in [-0.4, -0.2) is 9.97 Å². The van der Waals surface area contributed by atoms with Gasteiger partial charge in [0.1, 0.15) is 5.82 Å². The smallest absolute Gasteiger partial charge is 0.229 e. The van der Waals surface area contributed by atoms with Crippen molar-refractivity contribution in [1.29, 1.82) is 10.5 Å². The van der Waals surface area contributed by atoms with Gasteiger partial charge in [-0.2, -0.15) is 15.5 Å². The van der Waals surface area contributed by atoms with E-state index in [1.165, 1.54) is 6.08 Å². The molecule has 1 heterocycles. The molecule has 6 heteroatoms. The lowest BCUT2D eigenvalue weighted by molar-refractivity contribution is 1.01. The van der Waals surface area contributed by atoms with Crippen LogP contribution in [-0.2, 0) is 6.42 Å². The first kappa shape index (κ1) is 20.6. The molecule has 0 unspecified atom stereocenters. The molecule has 0 saturated carbocycles. The molecule has 0 aliphatic carbocycles. The average molecular weight is 394 g/mol. The van der Waals surface area contributed by atoms with Gasteiger partial charge in [0.05, 0.1) is 17.7 Å². The molecule has 0 atom stereocenters. The van der Waals surface area contributed by atoms with Gasteiger partial charge in [0.15, 0.2) is 0 Å². The van der Waals surface area contributed by atoms with Gasteiger partial charge in [-0.15, -0.1) is 0 Å². The lowest BCUT2D eigenvalue weighted by Gasteiger charge is -2.15. The van der Waals surface area contributed by atoms with E-state index in [0.29, 0.717) is 17.3 Å². The molecule has 0 aliphatic heterocycles. The number of hydrogen-bond acceptors (Lipinski definition) is 6. The molecule has 2 N–H and O–H groups in total. The van der Waals surface area contributed by atoms with Crippen molar-refractivity contribution in [3.8, 4) is 12.1 Å². The Morgan fingerprint density at radius 1 is 0.967 bits per heavy atom. The van der Waals surface area contributed by atoms with E-state index in [1.807, 2.05) is 57.2 Å². The topological polar surface area (TPSA) is 97.4 Å². The lowest BCUT2D eigenvalue weighted by Crippen LogP contribution is -2.05. The summed E-state index contributed by atoms with van der Waals surface area (Å²) in [6.45, 7) is 6.10. The summed E-state index contributed by atoms with van der Waals surface area (Å²) in [6.07, 6.45) is 4.04. The fourth-order valence-corrected chi connectivity index (χ4v) is 3.11. The number of rotatable bonds is 6. The molecule has 148 valence electrons. The minimum absolute atomic E-state index is 0.491. The summed E-state index contributed by atoms with van der Waals surface area (Å²) in [6, 6.07) is 17.3. The van der Waals surface area contributed by atoms with Crippen LogP contribution >= 0.6 is 0 Å². The molecule has 0 amide bonds. The van der Waals surface area contributed by atoms with E-state index in [1.54, 1.807) is 18.2 Å². The predicted molar refractivity (Wildman–Crippen MR) is 120 cm³/mol. The van der Waals surface area contributed by atoms with Crippen molar-refractivity contribution in [3.63, 3.8) is 0 Å². The van der Waals surface area contributed by atoms with E-state index >= 15 is 0 Å². The summed E-state index contributed by atoms with van der Waals surface area (Å²) < 4.78 is 0. The van der Waals surface area contributed by atoms with Gasteiger partial charge in [0, 0.05) is 29.2 Å². The van der Waals surface area contributed by atoms with Gasteiger partial charge < -0.3 is 10.6 Å². The van der Waals surface area contributed by atoms with Crippen LogP contribution in [0.15, 0.2) is 48.5 Å². The number of nitriles is 2. The highest BCUT2D eigenvalue weighted by molar-refractivity contribution is 5.69. The van der Waals surface area contributed by atoms with Crippen molar-refractivity contribution in [2.24, 2.45) is 0 Å². The summed E-state index contributed by atoms with van der Waals surface area (Å²) in [4.78, 5) is 9.17. The van der Waals surface area contributed by atoms with Crippen molar-refractivity contribution in [2.75, 3.05) is 10.6 Å². The Kier molecular flexibility index (Phi) is 6.42. The van der Waals surface area contributed by atoms with Crippen LogP contribution in [0.4, 0.5) is 23.1 Å². The Balaban J connectivity index is 1.89. The first-order valence-electron chi connectivity index (χ1n) is 9.62. The number of nitrogens with one attached hydrogen (secondary N) is 2. The number of hydrogen-bond donors (Lipinski definition) is 2. The molecular weight excluding hydrogens is 372 g/mol. The SMILES string of the molecule is CCc1cc(Nc2c(C)cc(/C=C/C#N)cc2C)nc(Nc2ccc(C#N)cc2)n1. The first-order valence-corrected chi connectivity index (χ1v) is 9.62. The fraction of sp³-hybridized carbons (Fsp3) is 0.167. The molecule has 0 spiro atoms. The van der Waals surface area contributed by atoms with Gasteiger partial charge in [-0.1, -0.05) is 6.92 Å². The molecule has 2 aromatic carbocycles. The van der Waals surface area contributed by atoms with Gasteiger partial charge in [-0.25, -0.2) is 4.98 Å². The zero-order valence-corrected chi connectivity index (χ0v) is 17.2. The number of nitrogens with zero attached hydrogens (tertiary/aromatic N) is 4. The van der Waals surface area contributed by atoms with Crippen molar-refractivity contribution >= 4 is 29.2 Å². The van der Waals surface area contributed by atoms with Gasteiger partial charge in [-0.05, 0) is 79.4 Å². The van der Waals surface area contributed by atoms with Crippen LogP contribution in [0.3, 0.4) is 0 Å². The molecule has 30 heavy (non-hydrogen) atoms. The van der Waals surface area contributed by atoms with Crippen LogP contribution in [0.5, 0.6) is 0 Å². The summed E-state index contributed by atoms with van der Waals surface area (Å²) in [7, 11) is 0. The normalized spacial score (nSPS) is 10.4. The summed E-state index contributed by atoms with van der Waals surface area (Å²) in [5.74, 6) is 1.19. The third-order valence-corrected chi connectivity index (χ3v) is 4.57. The third kappa shape index (κ3) is 5.01. The molecule has 0 saturated heterocycles. The molecule has 3 aromatic rings. The molecule has 0 aliphatic rings. The molecule has 3 rings (SSSR count). The highest BCUT2D eigenvalue weighted by atomic mass is 15.1. The van der Waals surface area contributed by atoms with E-state index in [9.17, 15) is 0 Å². The monoisotopic (exact) mass is 394 g/mol. The maximum atomic E-state index is 8.95. The van der Waals surface area contributed by atoms with Crippen LogP contribution in [0, 0.1) is 36.5 Å². The van der Waals surface area contributed by atoms with Gasteiger partial charge in [-0.3, -0.25) is 0 Å². The summed E-state index contributed by atoms with van der Waals surface area (Å²) in [5.41, 5.74) is 6.41. The van der Waals surface area contributed by atoms with E-state index < -0.39 is 0 Å². The molecule has 1 aromatic heterocycles. The predicted octanol–water partition coefficient (Wildman–Crippen LogP) is 5.55. The number of aryl methyl sites for hydroxylation is 3. The quantitative estimate of drug-likeness (QED) is 0.532. The highest BCUT2D eigenvalue weighted by Crippen LogP contribution is 2.27. The molecule has 0 bridgehead atoms. The number of anilines is 4. The van der Waals surface area contributed by atoms with E-state index in [4.69, 9.17) is 10.5 Å². The zero-order valence-electron chi connectivity index (χ0n) is 17.2. The van der Waals surface area contributed by atoms with Crippen LogP contribution in [0.2, 0.25) is 0 Å². The second-order valence-corrected chi connectivity index (χ2v) is 6.85. The zero-order chi connectivity index (χ0) is 21.5. The first-order chi connectivity index (χ1) is 14.5. The van der Waals surface area contributed by atoms with Crippen molar-refractivity contribution in [3.05, 3.63) is 76.5 Å². The van der Waals surface area contributed by atoms with Crippen LogP contribution in [0.1, 0.15) is 34.9 Å². The number of allylic oxidation sites excluding steroid dienone is 1. The molecule has 0 fully saturated rings. The van der Waals surface area contributed by atoms with Crippen molar-refractivity contribution in [2.45, 2.75) is 27.2 Å². The number of aromatic nitrogens is 2. The largest absolute Gasteiger partial charge is 0.340 e. The van der Waals surface area contributed by atoms with Gasteiger partial charge >= 0.3 is 0 Å². The Morgan fingerprint density at radius 3 is 2.27 bits per heavy atom. The van der Waals surface area contributed by atoms with E-state index in [0.717, 1.165) is 40.2 Å². The van der Waals surface area contributed by atoms with Crippen LogP contribution in [0.25, 0.3) is 6.08 Å². The minimum atomic E-state index is 0.491. The standard InChI is InChI=1S/C24H22N6/c1-4-20-14-22(29-23-16(2)12-19(6-5-11-25)13-17(23)3)30-24(27-20)28-21-9-7-18(15-26)8-10-21/h5-10,12-14H,4H2,1-3H3,(H2,27,28,29,30)/b6-5+. The van der Waals surface area contributed by atoms with E-state index in [-0.39, 0.29) is 0 Å². The maximum absolute atomic E-state index is 8.95. The maximum Gasteiger partial charge on any atom is 0.229 e. The number of benzene rings is 2. The minimum Gasteiger partial charge on any atom is -0.340 e. The Hall–Kier alpha value is -4.16. The van der Waals surface area contributed by atoms with Gasteiger partial charge in [0.25, 0.3) is 0 Å². The Bertz CT molecular complexity index is 1140. The highest BCUT2D eigenvalue weighted by Gasteiger charge is 2.09. The molecule has 0 radical (unpaired) electrons. The van der Waals surface area contributed by atoms with Crippen molar-refractivity contribution < 1.29 is 0 Å². The molecular formula is C24H22N6. The third-order valence-electron chi connectivity index (χ3n) is 4.57. The van der Waals surface area contributed by atoms with Crippen molar-refractivity contribution in [1.82, 2.24) is 9.97 Å². The average Bonchev–Trinajstić information content (AvgIpc) is 2.75. The summed E-state index contributed by atoms with van der Waals surface area (Å²) >= 11 is 0. The van der Waals surface area contributed by atoms with Crippen LogP contribution < -0.4 is 10.6 Å². The molecule has 6 nitrogen and oxygen atoms in total. The van der Waals surface area contributed by atoms with E-state index in [2.05, 4.69) is 26.7 Å².